The minimum atomic E-state index is -0.989. The van der Waals surface area contributed by atoms with Gasteiger partial charge in [-0.05, 0) is 0 Å². The van der Waals surface area contributed by atoms with Crippen molar-refractivity contribution in [2.75, 3.05) is 6.73 Å². The van der Waals surface area contributed by atoms with Crippen LogP contribution in [0.5, 0.6) is 0 Å². The van der Waals surface area contributed by atoms with Gasteiger partial charge in [-0.15, -0.1) is 0 Å². The first-order valence-electron chi connectivity index (χ1n) is 2.45. The predicted molar refractivity (Wildman–Crippen MR) is 37.6 cm³/mol. The van der Waals surface area contributed by atoms with E-state index in [9.17, 15) is 9.59 Å². The summed E-state index contributed by atoms with van der Waals surface area (Å²) in [4.78, 5) is 20.1. The first-order valence-corrected chi connectivity index (χ1v) is 2.45. The van der Waals surface area contributed by atoms with Crippen LogP contribution >= 0.6 is 0 Å². The van der Waals surface area contributed by atoms with E-state index in [4.69, 9.17) is 5.73 Å². The van der Waals surface area contributed by atoms with Crippen LogP contribution in [-0.2, 0) is 42.2 Å². The molecule has 1 radical (unpaired) electrons. The second-order valence-electron chi connectivity index (χ2n) is 1.32. The van der Waals surface area contributed by atoms with Gasteiger partial charge in [0.1, 0.15) is 6.73 Å². The number of rotatable bonds is 3. The molecule has 0 fully saturated rings. The molecule has 0 unspecified atom stereocenters. The summed E-state index contributed by atoms with van der Waals surface area (Å²) >= 11 is 0. The van der Waals surface area contributed by atoms with Crippen molar-refractivity contribution in [1.29, 1.82) is 0 Å². The molecule has 0 aromatic rings. The van der Waals surface area contributed by atoms with Crippen molar-refractivity contribution in [1.82, 2.24) is 5.32 Å². The number of esters is 1. The van der Waals surface area contributed by atoms with Crippen LogP contribution in [0.1, 0.15) is 0 Å². The topological polar surface area (TPSA) is 111 Å². The van der Waals surface area contributed by atoms with Gasteiger partial charge in [-0.1, -0.05) is 6.58 Å². The molecule has 0 heterocycles. The van der Waals surface area contributed by atoms with Crippen LogP contribution in [0.4, 0.5) is 4.79 Å². The predicted octanol–water partition coefficient (Wildman–Crippen LogP) is -0.392. The Labute approximate surface area is 94.7 Å². The summed E-state index contributed by atoms with van der Waals surface area (Å²) in [5, 5.41) is 1.95. The molecule has 0 aromatic heterocycles. The smallest absolute Gasteiger partial charge is 0.330 e. The average molecular weight is 250 g/mol. The first-order chi connectivity index (χ1) is 4.66. The van der Waals surface area contributed by atoms with E-state index in [1.54, 1.807) is 0 Å². The van der Waals surface area contributed by atoms with Crippen molar-refractivity contribution < 1.29 is 52.5 Å². The first kappa shape index (κ1) is 17.6. The summed E-state index contributed by atoms with van der Waals surface area (Å²) in [5.74, 6) is -0.631. The largest absolute Gasteiger partial charge is 0.463 e. The van der Waals surface area contributed by atoms with Crippen LogP contribution in [-0.4, -0.2) is 24.2 Å². The number of amides is 2. The van der Waals surface area contributed by atoms with E-state index in [0.717, 1.165) is 6.08 Å². The Bertz CT molecular complexity index is 162. The second-order valence-corrected chi connectivity index (χ2v) is 1.32. The van der Waals surface area contributed by atoms with E-state index in [1.807, 2.05) is 5.32 Å². The van der Waals surface area contributed by atoms with E-state index in [0.29, 0.717) is 0 Å². The van der Waals surface area contributed by atoms with E-state index in [-0.39, 0.29) is 44.9 Å². The summed E-state index contributed by atoms with van der Waals surface area (Å²) in [6.07, 6.45) is 0.968. The number of urea groups is 1. The minimum Gasteiger partial charge on any atom is -0.463 e. The van der Waals surface area contributed by atoms with Gasteiger partial charge in [0.2, 0.25) is 0 Å². The van der Waals surface area contributed by atoms with Gasteiger partial charge >= 0.3 is 5.97 Å². The molecule has 7 heteroatoms. The van der Waals surface area contributed by atoms with Crippen molar-refractivity contribution >= 4 is 12.0 Å². The summed E-state index contributed by atoms with van der Waals surface area (Å²) in [6, 6.07) is -0.989. The number of ether oxygens (including phenoxy) is 1. The van der Waals surface area contributed by atoms with Gasteiger partial charge in [0.05, 0.1) is 0 Å². The molecule has 0 atom stereocenters. The van der Waals surface area contributed by atoms with Gasteiger partial charge in [0, 0.05) is 38.8 Å². The van der Waals surface area contributed by atoms with Gasteiger partial charge < -0.3 is 21.3 Å². The van der Waals surface area contributed by atoms with Gasteiger partial charge in [-0.25, -0.2) is 4.79 Å². The van der Waals surface area contributed by atoms with E-state index in [1.165, 1.54) is 0 Å². The Hall–Kier alpha value is -0.456. The van der Waals surface area contributed by atoms with Crippen LogP contribution in [0.15, 0.2) is 12.7 Å². The SMILES string of the molecule is C=CC(=O)OCNC([NH-])=O.O.[Y]. The zero-order chi connectivity index (χ0) is 7.98. The van der Waals surface area contributed by atoms with Gasteiger partial charge in [-0.2, -0.15) is 0 Å². The fraction of sp³-hybridized carbons (Fsp3) is 0.200. The molecule has 0 aliphatic heterocycles. The molecular weight excluding hydrogens is 241 g/mol. The summed E-state index contributed by atoms with van der Waals surface area (Å²) in [6.45, 7) is 2.84. The Kier molecular flexibility index (Phi) is 15.4. The third kappa shape index (κ3) is 12.2. The molecule has 2 amide bonds. The van der Waals surface area contributed by atoms with Crippen LogP contribution < -0.4 is 5.32 Å². The molecule has 67 valence electrons. The molecule has 0 aromatic carbocycles. The zero-order valence-corrected chi connectivity index (χ0v) is 9.13. The molecule has 0 saturated carbocycles. The maximum absolute atomic E-state index is 10.2. The van der Waals surface area contributed by atoms with E-state index < -0.39 is 12.0 Å². The van der Waals surface area contributed by atoms with E-state index in [2.05, 4.69) is 11.3 Å². The third-order valence-corrected chi connectivity index (χ3v) is 0.614. The number of nitrogens with one attached hydrogen (secondary N) is 2. The molecule has 0 aliphatic carbocycles. The summed E-state index contributed by atoms with van der Waals surface area (Å²) in [5.41, 5.74) is 6.31. The minimum absolute atomic E-state index is 0. The maximum Gasteiger partial charge on any atom is 0.330 e. The number of hydrogen-bond donors (Lipinski definition) is 1. The molecule has 0 spiro atoms. The van der Waals surface area contributed by atoms with Gasteiger partial charge in [-0.3, -0.25) is 4.79 Å². The van der Waals surface area contributed by atoms with E-state index >= 15 is 0 Å². The zero-order valence-electron chi connectivity index (χ0n) is 6.29. The fourth-order valence-corrected chi connectivity index (χ4v) is 0.232. The summed E-state index contributed by atoms with van der Waals surface area (Å²) in [7, 11) is 0. The molecule has 4 N–H and O–H groups in total. The number of hydrogen-bond acceptors (Lipinski definition) is 3. The maximum atomic E-state index is 10.2. The molecule has 12 heavy (non-hydrogen) atoms. The standard InChI is InChI=1S/C5H8N2O3.H2O.Y/c1-2-4(8)10-3-7-5(6)9;;/h2H,1,3H2,(H3,6,7,9);1H2;/p-1. The Morgan fingerprint density at radius 1 is 1.58 bits per heavy atom. The molecule has 6 nitrogen and oxygen atoms in total. The van der Waals surface area contributed by atoms with Crippen molar-refractivity contribution in [2.45, 2.75) is 0 Å². The van der Waals surface area contributed by atoms with Gasteiger partial charge in [0.15, 0.2) is 6.03 Å². The van der Waals surface area contributed by atoms with Crippen LogP contribution in [0, 0.1) is 0 Å². The number of carbonyl (C=O) groups is 2. The number of carbonyl (C=O) groups excluding carboxylic acids is 2. The quantitative estimate of drug-likeness (QED) is 0.418. The molecule has 0 bridgehead atoms. The molecule has 0 saturated heterocycles. The third-order valence-electron chi connectivity index (χ3n) is 0.614. The molecular formula is C5H9N2O4Y-. The van der Waals surface area contributed by atoms with Crippen LogP contribution in [0.25, 0.3) is 5.73 Å². The monoisotopic (exact) mass is 250 g/mol. The van der Waals surface area contributed by atoms with Crippen molar-refractivity contribution in [2.24, 2.45) is 0 Å². The van der Waals surface area contributed by atoms with Crippen LogP contribution in [0.3, 0.4) is 0 Å². The van der Waals surface area contributed by atoms with Gasteiger partial charge in [0.25, 0.3) is 0 Å². The normalized spacial score (nSPS) is 6.67. The van der Waals surface area contributed by atoms with Crippen molar-refractivity contribution in [3.05, 3.63) is 18.4 Å². The Morgan fingerprint density at radius 3 is 2.42 bits per heavy atom. The summed E-state index contributed by atoms with van der Waals surface area (Å²) < 4.78 is 4.29. The molecule has 0 aliphatic rings. The van der Waals surface area contributed by atoms with Crippen molar-refractivity contribution in [3.63, 3.8) is 0 Å². The fourth-order valence-electron chi connectivity index (χ4n) is 0.232. The second kappa shape index (κ2) is 10.5. The molecule has 0 rings (SSSR count). The Balaban J connectivity index is -0.000000405. The van der Waals surface area contributed by atoms with Crippen LogP contribution in [0.2, 0.25) is 0 Å². The average Bonchev–Trinajstić information content (AvgIpc) is 1.87. The Morgan fingerprint density at radius 2 is 2.08 bits per heavy atom. The van der Waals surface area contributed by atoms with Crippen molar-refractivity contribution in [3.8, 4) is 0 Å².